The highest BCUT2D eigenvalue weighted by atomic mass is 19.1. The second kappa shape index (κ2) is 6.84. The van der Waals surface area contributed by atoms with Crippen LogP contribution in [0.4, 0.5) is 4.39 Å². The van der Waals surface area contributed by atoms with Gasteiger partial charge in [-0.15, -0.1) is 0 Å². The third kappa shape index (κ3) is 3.01. The highest BCUT2D eigenvalue weighted by Crippen LogP contribution is 2.44. The lowest BCUT2D eigenvalue weighted by atomic mass is 9.63. The Morgan fingerprint density at radius 2 is 2.00 bits per heavy atom. The van der Waals surface area contributed by atoms with E-state index < -0.39 is 5.41 Å². The van der Waals surface area contributed by atoms with E-state index in [9.17, 15) is 9.18 Å². The molecule has 0 bridgehead atoms. The van der Waals surface area contributed by atoms with E-state index >= 15 is 0 Å². The van der Waals surface area contributed by atoms with Crippen LogP contribution >= 0.6 is 0 Å². The molecule has 0 aliphatic heterocycles. The lowest BCUT2D eigenvalue weighted by Crippen LogP contribution is -2.49. The molecule has 20 heavy (non-hydrogen) atoms. The minimum atomic E-state index is -0.664. The summed E-state index contributed by atoms with van der Waals surface area (Å²) in [6, 6.07) is 6.58. The Morgan fingerprint density at radius 1 is 1.25 bits per heavy atom. The number of aliphatic hydroxyl groups is 1. The Kier molecular flexibility index (Phi) is 5.12. The molecule has 1 aromatic carbocycles. The molecule has 0 atom stereocenters. The number of rotatable bonds is 7. The fraction of sp³-hybridized carbons (Fsp3) is 0.562. The van der Waals surface area contributed by atoms with E-state index in [-0.39, 0.29) is 18.3 Å². The quantitative estimate of drug-likeness (QED) is 0.754. The van der Waals surface area contributed by atoms with Gasteiger partial charge in [-0.05, 0) is 38.2 Å². The van der Waals surface area contributed by atoms with Crippen molar-refractivity contribution in [2.75, 3.05) is 13.2 Å². The lowest BCUT2D eigenvalue weighted by Gasteiger charge is -2.40. The molecule has 3 nitrogen and oxygen atoms in total. The molecule has 2 N–H and O–H groups in total. The van der Waals surface area contributed by atoms with Gasteiger partial charge in [0.2, 0.25) is 5.91 Å². The van der Waals surface area contributed by atoms with Crippen molar-refractivity contribution in [1.82, 2.24) is 5.32 Å². The molecular formula is C16H22FNO2. The van der Waals surface area contributed by atoms with Crippen LogP contribution in [0, 0.1) is 5.82 Å². The number of carbonyl (C=O) groups excluding carboxylic acids is 1. The van der Waals surface area contributed by atoms with E-state index in [4.69, 9.17) is 5.11 Å². The number of unbranched alkanes of at least 4 members (excludes halogenated alkanes) is 2. The third-order valence-electron chi connectivity index (χ3n) is 4.15. The molecule has 1 aromatic rings. The zero-order valence-corrected chi connectivity index (χ0v) is 11.7. The summed E-state index contributed by atoms with van der Waals surface area (Å²) >= 11 is 0. The van der Waals surface area contributed by atoms with E-state index in [0.29, 0.717) is 12.1 Å². The second-order valence-electron chi connectivity index (χ2n) is 5.46. The van der Waals surface area contributed by atoms with Crippen LogP contribution in [0.15, 0.2) is 24.3 Å². The molecule has 0 aromatic heterocycles. The van der Waals surface area contributed by atoms with Gasteiger partial charge in [-0.25, -0.2) is 4.39 Å². The number of nitrogens with one attached hydrogen (secondary N) is 1. The maximum atomic E-state index is 13.9. The SMILES string of the molecule is O=C(NCCCCCO)C1(c2ccccc2F)CCC1. The van der Waals surface area contributed by atoms with Gasteiger partial charge in [0.15, 0.2) is 0 Å². The van der Waals surface area contributed by atoms with Gasteiger partial charge in [-0.3, -0.25) is 4.79 Å². The van der Waals surface area contributed by atoms with Crippen LogP contribution in [0.2, 0.25) is 0 Å². The monoisotopic (exact) mass is 279 g/mol. The van der Waals surface area contributed by atoms with E-state index in [0.717, 1.165) is 38.5 Å². The maximum Gasteiger partial charge on any atom is 0.230 e. The Morgan fingerprint density at radius 3 is 2.60 bits per heavy atom. The van der Waals surface area contributed by atoms with Gasteiger partial charge in [-0.2, -0.15) is 0 Å². The summed E-state index contributed by atoms with van der Waals surface area (Å²) in [5.74, 6) is -0.347. The van der Waals surface area contributed by atoms with Gasteiger partial charge in [0.25, 0.3) is 0 Å². The van der Waals surface area contributed by atoms with Crippen molar-refractivity contribution >= 4 is 5.91 Å². The van der Waals surface area contributed by atoms with Gasteiger partial charge in [-0.1, -0.05) is 24.6 Å². The summed E-state index contributed by atoms with van der Waals surface area (Å²) in [4.78, 5) is 12.4. The number of carbonyl (C=O) groups is 1. The lowest BCUT2D eigenvalue weighted by molar-refractivity contribution is -0.130. The van der Waals surface area contributed by atoms with Crippen LogP contribution < -0.4 is 5.32 Å². The summed E-state index contributed by atoms with van der Waals surface area (Å²) in [6.45, 7) is 0.780. The summed E-state index contributed by atoms with van der Waals surface area (Å²) in [5, 5.41) is 11.6. The van der Waals surface area contributed by atoms with Crippen LogP contribution in [-0.4, -0.2) is 24.2 Å². The maximum absolute atomic E-state index is 13.9. The Labute approximate surface area is 119 Å². The molecule has 0 spiro atoms. The molecule has 1 aliphatic rings. The second-order valence-corrected chi connectivity index (χ2v) is 5.46. The largest absolute Gasteiger partial charge is 0.396 e. The fourth-order valence-electron chi connectivity index (χ4n) is 2.78. The summed E-state index contributed by atoms with van der Waals surface area (Å²) in [5.41, 5.74) is -0.137. The first-order valence-electron chi connectivity index (χ1n) is 7.35. The van der Waals surface area contributed by atoms with Crippen molar-refractivity contribution in [2.45, 2.75) is 43.9 Å². The Balaban J connectivity index is 1.97. The summed E-state index contributed by atoms with van der Waals surface area (Å²) in [6.07, 6.45) is 4.90. The predicted molar refractivity (Wildman–Crippen MR) is 75.9 cm³/mol. The number of hydrogen-bond acceptors (Lipinski definition) is 2. The number of halogens is 1. The molecule has 0 heterocycles. The van der Waals surface area contributed by atoms with Gasteiger partial charge >= 0.3 is 0 Å². The van der Waals surface area contributed by atoms with Gasteiger partial charge in [0, 0.05) is 18.7 Å². The van der Waals surface area contributed by atoms with E-state index in [1.54, 1.807) is 18.2 Å². The van der Waals surface area contributed by atoms with Crippen molar-refractivity contribution in [1.29, 1.82) is 0 Å². The van der Waals surface area contributed by atoms with Crippen molar-refractivity contribution in [3.05, 3.63) is 35.6 Å². The molecule has 1 fully saturated rings. The first kappa shape index (κ1) is 15.0. The molecule has 1 aliphatic carbocycles. The van der Waals surface area contributed by atoms with E-state index in [2.05, 4.69) is 5.32 Å². The molecule has 110 valence electrons. The topological polar surface area (TPSA) is 49.3 Å². The smallest absolute Gasteiger partial charge is 0.230 e. The molecule has 1 saturated carbocycles. The van der Waals surface area contributed by atoms with Crippen molar-refractivity contribution in [2.24, 2.45) is 0 Å². The van der Waals surface area contributed by atoms with E-state index in [1.165, 1.54) is 6.07 Å². The summed E-state index contributed by atoms with van der Waals surface area (Å²) in [7, 11) is 0. The third-order valence-corrected chi connectivity index (χ3v) is 4.15. The normalized spacial score (nSPS) is 16.5. The van der Waals surface area contributed by atoms with Gasteiger partial charge < -0.3 is 10.4 Å². The predicted octanol–water partition coefficient (Wildman–Crippen LogP) is 2.53. The number of amides is 1. The van der Waals surface area contributed by atoms with Gasteiger partial charge in [0.05, 0.1) is 5.41 Å². The minimum absolute atomic E-state index is 0.0575. The number of hydrogen-bond donors (Lipinski definition) is 2. The highest BCUT2D eigenvalue weighted by molar-refractivity contribution is 5.89. The molecule has 1 amide bonds. The van der Waals surface area contributed by atoms with Crippen LogP contribution in [0.5, 0.6) is 0 Å². The average Bonchev–Trinajstić information content (AvgIpc) is 2.39. The molecule has 2 rings (SSSR count). The minimum Gasteiger partial charge on any atom is -0.396 e. The fourth-order valence-corrected chi connectivity index (χ4v) is 2.78. The Bertz CT molecular complexity index is 458. The van der Waals surface area contributed by atoms with E-state index in [1.807, 2.05) is 0 Å². The number of benzene rings is 1. The molecule has 4 heteroatoms. The summed E-state index contributed by atoms with van der Waals surface area (Å²) < 4.78 is 13.9. The van der Waals surface area contributed by atoms with Crippen LogP contribution in [-0.2, 0) is 10.2 Å². The van der Waals surface area contributed by atoms with Crippen molar-refractivity contribution in [3.63, 3.8) is 0 Å². The molecule has 0 unspecified atom stereocenters. The average molecular weight is 279 g/mol. The standard InChI is InChI=1S/C16H22FNO2/c17-14-8-3-2-7-13(14)16(9-6-10-16)15(20)18-11-4-1-5-12-19/h2-3,7-8,19H,1,4-6,9-12H2,(H,18,20). The van der Waals surface area contributed by atoms with Crippen LogP contribution in [0.25, 0.3) is 0 Å². The van der Waals surface area contributed by atoms with Gasteiger partial charge in [0.1, 0.15) is 5.82 Å². The Hall–Kier alpha value is -1.42. The zero-order valence-electron chi connectivity index (χ0n) is 11.7. The zero-order chi connectivity index (χ0) is 14.4. The van der Waals surface area contributed by atoms with Crippen molar-refractivity contribution in [3.8, 4) is 0 Å². The molecular weight excluding hydrogens is 257 g/mol. The van der Waals surface area contributed by atoms with Crippen LogP contribution in [0.1, 0.15) is 44.1 Å². The number of aliphatic hydroxyl groups excluding tert-OH is 1. The van der Waals surface area contributed by atoms with Crippen LogP contribution in [0.3, 0.4) is 0 Å². The first-order valence-corrected chi connectivity index (χ1v) is 7.35. The van der Waals surface area contributed by atoms with Crippen molar-refractivity contribution < 1.29 is 14.3 Å². The molecule has 0 radical (unpaired) electrons. The first-order chi connectivity index (χ1) is 9.70. The highest BCUT2D eigenvalue weighted by Gasteiger charge is 2.46. The molecule has 0 saturated heterocycles.